The van der Waals surface area contributed by atoms with E-state index in [9.17, 15) is 4.79 Å². The standard InChI is InChI=1S/C13H19N3O2/c1-8-11(5-6-18-8)16(2)12-4-3-9(13(15)17)7-10(12)14/h3-4,7-8,11H,5-6,14H2,1-2H3,(H2,15,17). The van der Waals surface area contributed by atoms with Crippen LogP contribution < -0.4 is 16.4 Å². The highest BCUT2D eigenvalue weighted by molar-refractivity contribution is 5.94. The highest BCUT2D eigenvalue weighted by atomic mass is 16.5. The Labute approximate surface area is 107 Å². The van der Waals surface area contributed by atoms with Gasteiger partial charge in [0, 0.05) is 19.2 Å². The summed E-state index contributed by atoms with van der Waals surface area (Å²) in [5, 5.41) is 0. The number of hydrogen-bond donors (Lipinski definition) is 2. The Bertz CT molecular complexity index is 462. The van der Waals surface area contributed by atoms with Crippen molar-refractivity contribution in [3.63, 3.8) is 0 Å². The number of carbonyl (C=O) groups excluding carboxylic acids is 1. The Hall–Kier alpha value is -1.75. The third-order valence-corrected chi connectivity index (χ3v) is 3.53. The highest BCUT2D eigenvalue weighted by Gasteiger charge is 2.28. The third-order valence-electron chi connectivity index (χ3n) is 3.53. The number of primary amides is 1. The van der Waals surface area contributed by atoms with Crippen LogP contribution in [0.4, 0.5) is 11.4 Å². The van der Waals surface area contributed by atoms with Crippen LogP contribution >= 0.6 is 0 Å². The summed E-state index contributed by atoms with van der Waals surface area (Å²) < 4.78 is 5.55. The fourth-order valence-corrected chi connectivity index (χ4v) is 2.44. The van der Waals surface area contributed by atoms with Gasteiger partial charge in [-0.2, -0.15) is 0 Å². The molecule has 2 rings (SSSR count). The predicted octanol–water partition coefficient (Wildman–Crippen LogP) is 0.981. The molecule has 0 aromatic heterocycles. The zero-order valence-electron chi connectivity index (χ0n) is 10.7. The largest absolute Gasteiger partial charge is 0.397 e. The van der Waals surface area contributed by atoms with Gasteiger partial charge >= 0.3 is 0 Å². The molecule has 0 radical (unpaired) electrons. The first kappa shape index (κ1) is 12.7. The molecular weight excluding hydrogens is 230 g/mol. The second-order valence-corrected chi connectivity index (χ2v) is 4.68. The predicted molar refractivity (Wildman–Crippen MR) is 71.6 cm³/mol. The third kappa shape index (κ3) is 2.26. The molecule has 1 aromatic carbocycles. The number of amides is 1. The van der Waals surface area contributed by atoms with Crippen LogP contribution in [0.1, 0.15) is 23.7 Å². The van der Waals surface area contributed by atoms with Crippen molar-refractivity contribution < 1.29 is 9.53 Å². The minimum atomic E-state index is -0.464. The normalized spacial score (nSPS) is 23.0. The van der Waals surface area contributed by atoms with E-state index in [1.54, 1.807) is 12.1 Å². The lowest BCUT2D eigenvalue weighted by Gasteiger charge is -2.29. The minimum absolute atomic E-state index is 0.185. The van der Waals surface area contributed by atoms with E-state index in [2.05, 4.69) is 11.8 Å². The van der Waals surface area contributed by atoms with Gasteiger partial charge in [0.15, 0.2) is 0 Å². The summed E-state index contributed by atoms with van der Waals surface area (Å²) in [5.74, 6) is -0.464. The quantitative estimate of drug-likeness (QED) is 0.782. The van der Waals surface area contributed by atoms with Gasteiger partial charge in [-0.05, 0) is 31.5 Å². The Kier molecular flexibility index (Phi) is 3.43. The second kappa shape index (κ2) is 4.86. The number of rotatable bonds is 3. The van der Waals surface area contributed by atoms with Crippen molar-refractivity contribution in [1.29, 1.82) is 0 Å². The van der Waals surface area contributed by atoms with Gasteiger partial charge in [0.1, 0.15) is 0 Å². The van der Waals surface area contributed by atoms with E-state index in [1.807, 2.05) is 13.1 Å². The first-order valence-electron chi connectivity index (χ1n) is 6.04. The van der Waals surface area contributed by atoms with Crippen molar-refractivity contribution in [2.45, 2.75) is 25.5 Å². The molecule has 18 heavy (non-hydrogen) atoms. The van der Waals surface area contributed by atoms with E-state index in [0.29, 0.717) is 17.3 Å². The number of nitrogens with zero attached hydrogens (tertiary/aromatic N) is 1. The van der Waals surface area contributed by atoms with Gasteiger partial charge in [0.25, 0.3) is 0 Å². The number of carbonyl (C=O) groups is 1. The summed E-state index contributed by atoms with van der Waals surface area (Å²) in [6.07, 6.45) is 1.17. The molecule has 1 saturated heterocycles. The van der Waals surface area contributed by atoms with Crippen molar-refractivity contribution in [1.82, 2.24) is 0 Å². The zero-order chi connectivity index (χ0) is 13.3. The molecule has 5 nitrogen and oxygen atoms in total. The molecule has 5 heteroatoms. The first-order valence-corrected chi connectivity index (χ1v) is 6.04. The Morgan fingerprint density at radius 1 is 1.50 bits per heavy atom. The average molecular weight is 249 g/mol. The Morgan fingerprint density at radius 3 is 2.72 bits per heavy atom. The molecule has 0 spiro atoms. The SMILES string of the molecule is CC1OCCC1N(C)c1ccc(C(N)=O)cc1N. The van der Waals surface area contributed by atoms with E-state index in [-0.39, 0.29) is 6.10 Å². The van der Waals surface area contributed by atoms with Crippen LogP contribution in [0.3, 0.4) is 0 Å². The topological polar surface area (TPSA) is 81.6 Å². The molecular formula is C13H19N3O2. The maximum atomic E-state index is 11.1. The fraction of sp³-hybridized carbons (Fsp3) is 0.462. The molecule has 1 amide bonds. The van der Waals surface area contributed by atoms with Gasteiger partial charge in [0.05, 0.1) is 23.5 Å². The molecule has 0 saturated carbocycles. The van der Waals surface area contributed by atoms with Crippen molar-refractivity contribution >= 4 is 17.3 Å². The van der Waals surface area contributed by atoms with Gasteiger partial charge in [-0.1, -0.05) is 0 Å². The summed E-state index contributed by atoms with van der Waals surface area (Å²) in [7, 11) is 1.99. The van der Waals surface area contributed by atoms with Gasteiger partial charge < -0.3 is 21.1 Å². The lowest BCUT2D eigenvalue weighted by molar-refractivity contribution is 0.1000. The minimum Gasteiger partial charge on any atom is -0.397 e. The number of nitrogens with two attached hydrogens (primary N) is 2. The van der Waals surface area contributed by atoms with Crippen molar-refractivity contribution in [2.24, 2.45) is 5.73 Å². The summed E-state index contributed by atoms with van der Waals surface area (Å²) in [4.78, 5) is 13.2. The van der Waals surface area contributed by atoms with Crippen molar-refractivity contribution in [3.05, 3.63) is 23.8 Å². The number of anilines is 2. The molecule has 1 fully saturated rings. The van der Waals surface area contributed by atoms with Crippen LogP contribution in [0.25, 0.3) is 0 Å². The number of ether oxygens (including phenoxy) is 1. The van der Waals surface area contributed by atoms with Crippen LogP contribution in [-0.2, 0) is 4.74 Å². The van der Waals surface area contributed by atoms with E-state index in [0.717, 1.165) is 18.7 Å². The van der Waals surface area contributed by atoms with Crippen LogP contribution in [0, 0.1) is 0 Å². The lowest BCUT2D eigenvalue weighted by Crippen LogP contribution is -2.37. The Balaban J connectivity index is 2.25. The van der Waals surface area contributed by atoms with E-state index in [1.165, 1.54) is 0 Å². The van der Waals surface area contributed by atoms with Crippen LogP contribution in [-0.4, -0.2) is 31.7 Å². The number of benzene rings is 1. The molecule has 1 heterocycles. The van der Waals surface area contributed by atoms with E-state index < -0.39 is 5.91 Å². The maximum absolute atomic E-state index is 11.1. The van der Waals surface area contributed by atoms with Crippen LogP contribution in [0.15, 0.2) is 18.2 Å². The summed E-state index contributed by atoms with van der Waals surface area (Å²) in [6, 6.07) is 5.46. The molecule has 1 aliphatic heterocycles. The lowest BCUT2D eigenvalue weighted by atomic mass is 10.1. The highest BCUT2D eigenvalue weighted by Crippen LogP contribution is 2.29. The zero-order valence-corrected chi connectivity index (χ0v) is 10.7. The number of likely N-dealkylation sites (N-methyl/N-ethyl adjacent to an activating group) is 1. The molecule has 0 aliphatic carbocycles. The van der Waals surface area contributed by atoms with Crippen molar-refractivity contribution in [3.8, 4) is 0 Å². The first-order chi connectivity index (χ1) is 8.50. The maximum Gasteiger partial charge on any atom is 0.248 e. The fourth-order valence-electron chi connectivity index (χ4n) is 2.44. The molecule has 4 N–H and O–H groups in total. The number of nitrogen functional groups attached to an aromatic ring is 1. The van der Waals surface area contributed by atoms with Gasteiger partial charge in [-0.3, -0.25) is 4.79 Å². The molecule has 1 aliphatic rings. The average Bonchev–Trinajstić information content (AvgIpc) is 2.74. The van der Waals surface area contributed by atoms with Gasteiger partial charge in [0.2, 0.25) is 5.91 Å². The smallest absolute Gasteiger partial charge is 0.248 e. The summed E-state index contributed by atoms with van der Waals surface area (Å²) in [6.45, 7) is 2.83. The molecule has 0 bridgehead atoms. The monoisotopic (exact) mass is 249 g/mol. The summed E-state index contributed by atoms with van der Waals surface area (Å²) >= 11 is 0. The molecule has 2 atom stereocenters. The van der Waals surface area contributed by atoms with E-state index >= 15 is 0 Å². The van der Waals surface area contributed by atoms with E-state index in [4.69, 9.17) is 16.2 Å². The van der Waals surface area contributed by atoms with Crippen molar-refractivity contribution in [2.75, 3.05) is 24.3 Å². The van der Waals surface area contributed by atoms with Gasteiger partial charge in [-0.15, -0.1) is 0 Å². The summed E-state index contributed by atoms with van der Waals surface area (Å²) in [5.41, 5.74) is 13.1. The molecule has 2 unspecified atom stereocenters. The molecule has 1 aromatic rings. The second-order valence-electron chi connectivity index (χ2n) is 4.68. The van der Waals surface area contributed by atoms with Gasteiger partial charge in [-0.25, -0.2) is 0 Å². The molecule has 98 valence electrons. The Morgan fingerprint density at radius 2 is 2.22 bits per heavy atom. The number of hydrogen-bond acceptors (Lipinski definition) is 4. The van der Waals surface area contributed by atoms with Crippen LogP contribution in [0.5, 0.6) is 0 Å². The van der Waals surface area contributed by atoms with Crippen LogP contribution in [0.2, 0.25) is 0 Å².